The largest absolute Gasteiger partial charge is 0.326 e. The number of hydrogen-bond donors (Lipinski definition) is 3. The first-order valence-electron chi connectivity index (χ1n) is 6.91. The molecule has 1 aliphatic carbocycles. The van der Waals surface area contributed by atoms with E-state index in [1.807, 2.05) is 24.3 Å². The van der Waals surface area contributed by atoms with E-state index in [0.717, 1.165) is 23.2 Å². The highest BCUT2D eigenvalue weighted by Gasteiger charge is 2.30. The van der Waals surface area contributed by atoms with Crippen LogP contribution in [-0.4, -0.2) is 29.0 Å². The third kappa shape index (κ3) is 4.03. The zero-order valence-corrected chi connectivity index (χ0v) is 12.8. The maximum absolute atomic E-state index is 11.4. The molecular weight excluding hydrogens is 273 g/mol. The second kappa shape index (κ2) is 6.23. The molecule has 0 heterocycles. The molecule has 4 nitrogen and oxygen atoms in total. The third-order valence-electron chi connectivity index (χ3n) is 3.46. The Kier molecular flexibility index (Phi) is 4.82. The van der Waals surface area contributed by atoms with Crippen LogP contribution in [0.15, 0.2) is 29.8 Å². The Morgan fingerprint density at radius 1 is 1.30 bits per heavy atom. The van der Waals surface area contributed by atoms with Crippen LogP contribution < -0.4 is 5.32 Å². The van der Waals surface area contributed by atoms with Gasteiger partial charge in [0.05, 0.1) is 6.16 Å². The number of benzene rings is 1. The highest BCUT2D eigenvalue weighted by atomic mass is 31.2. The zero-order chi connectivity index (χ0) is 14.8. The van der Waals surface area contributed by atoms with Crippen molar-refractivity contribution in [3.63, 3.8) is 0 Å². The van der Waals surface area contributed by atoms with E-state index in [4.69, 9.17) is 0 Å². The molecule has 0 fully saturated rings. The topological polar surface area (TPSA) is 69.6 Å². The van der Waals surface area contributed by atoms with Gasteiger partial charge in [0.2, 0.25) is 0 Å². The van der Waals surface area contributed by atoms with Crippen LogP contribution in [0.25, 0.3) is 6.08 Å². The molecular formula is C15H22NO3P. The van der Waals surface area contributed by atoms with Crippen LogP contribution in [0.1, 0.15) is 30.9 Å². The molecule has 0 saturated carbocycles. The molecule has 0 spiro atoms. The standard InChI is InChI=1S/C15H22NO3P/c1-11(2)8-16-9-13-7-12-5-3-4-6-14(12)15(13)10-20(17,18)19/h3-7,11,15-16H,8-10H2,1-2H3,(H2,17,18,19). The average molecular weight is 295 g/mol. The molecule has 0 saturated heterocycles. The predicted octanol–water partition coefficient (Wildman–Crippen LogP) is 2.59. The van der Waals surface area contributed by atoms with Gasteiger partial charge in [-0.2, -0.15) is 0 Å². The quantitative estimate of drug-likeness (QED) is 0.706. The Labute approximate surface area is 120 Å². The van der Waals surface area contributed by atoms with Crippen LogP contribution >= 0.6 is 7.60 Å². The van der Waals surface area contributed by atoms with E-state index in [2.05, 4.69) is 25.2 Å². The van der Waals surface area contributed by atoms with Gasteiger partial charge in [-0.05, 0) is 29.2 Å². The summed E-state index contributed by atoms with van der Waals surface area (Å²) in [5.74, 6) is 0.381. The molecule has 1 aromatic rings. The fraction of sp³-hybridized carbons (Fsp3) is 0.467. The van der Waals surface area contributed by atoms with Crippen molar-refractivity contribution in [3.05, 3.63) is 41.0 Å². The van der Waals surface area contributed by atoms with E-state index >= 15 is 0 Å². The summed E-state index contributed by atoms with van der Waals surface area (Å²) >= 11 is 0. The van der Waals surface area contributed by atoms with Crippen molar-refractivity contribution in [3.8, 4) is 0 Å². The molecule has 1 unspecified atom stereocenters. The van der Waals surface area contributed by atoms with E-state index in [9.17, 15) is 14.4 Å². The number of fused-ring (bicyclic) bond motifs is 1. The van der Waals surface area contributed by atoms with E-state index in [1.54, 1.807) is 0 Å². The van der Waals surface area contributed by atoms with Gasteiger partial charge in [0.25, 0.3) is 0 Å². The van der Waals surface area contributed by atoms with Gasteiger partial charge in [0, 0.05) is 12.5 Å². The molecule has 0 amide bonds. The fourth-order valence-corrected chi connectivity index (χ4v) is 3.50. The summed E-state index contributed by atoms with van der Waals surface area (Å²) < 4.78 is 11.4. The third-order valence-corrected chi connectivity index (χ3v) is 4.30. The Morgan fingerprint density at radius 2 is 2.00 bits per heavy atom. The smallest absolute Gasteiger partial charge is 0.324 e. The number of nitrogens with one attached hydrogen (secondary N) is 1. The first-order valence-corrected chi connectivity index (χ1v) is 8.71. The molecule has 5 heteroatoms. The van der Waals surface area contributed by atoms with E-state index in [-0.39, 0.29) is 12.1 Å². The summed E-state index contributed by atoms with van der Waals surface area (Å²) in [5, 5.41) is 3.36. The van der Waals surface area contributed by atoms with E-state index in [0.29, 0.717) is 12.5 Å². The minimum Gasteiger partial charge on any atom is -0.324 e. The lowest BCUT2D eigenvalue weighted by molar-refractivity contribution is 0.370. The minimum atomic E-state index is -4.03. The van der Waals surface area contributed by atoms with Crippen molar-refractivity contribution in [1.29, 1.82) is 0 Å². The average Bonchev–Trinajstić information content (AvgIpc) is 2.66. The van der Waals surface area contributed by atoms with Gasteiger partial charge in [-0.15, -0.1) is 0 Å². The highest BCUT2D eigenvalue weighted by molar-refractivity contribution is 7.51. The van der Waals surface area contributed by atoms with Gasteiger partial charge in [0.1, 0.15) is 0 Å². The van der Waals surface area contributed by atoms with Crippen LogP contribution in [0, 0.1) is 5.92 Å². The normalized spacial score (nSPS) is 18.2. The van der Waals surface area contributed by atoms with E-state index in [1.165, 1.54) is 0 Å². The summed E-state index contributed by atoms with van der Waals surface area (Å²) in [6.07, 6.45) is 1.95. The van der Waals surface area contributed by atoms with Gasteiger partial charge in [-0.1, -0.05) is 44.2 Å². The molecule has 1 aliphatic rings. The minimum absolute atomic E-state index is 0.112. The Balaban J connectivity index is 2.15. The second-order valence-corrected chi connectivity index (χ2v) is 7.47. The monoisotopic (exact) mass is 295 g/mol. The summed E-state index contributed by atoms with van der Waals surface area (Å²) in [7, 11) is -4.03. The van der Waals surface area contributed by atoms with Gasteiger partial charge in [-0.3, -0.25) is 4.57 Å². The van der Waals surface area contributed by atoms with E-state index < -0.39 is 7.60 Å². The van der Waals surface area contributed by atoms with Crippen LogP contribution in [0.4, 0.5) is 0 Å². The molecule has 0 bridgehead atoms. The molecule has 0 aromatic heterocycles. The Bertz CT molecular complexity index is 548. The molecule has 1 aromatic carbocycles. The molecule has 3 N–H and O–H groups in total. The molecule has 20 heavy (non-hydrogen) atoms. The summed E-state index contributed by atoms with van der Waals surface area (Å²) in [6.45, 7) is 5.85. The number of hydrogen-bond acceptors (Lipinski definition) is 2. The van der Waals surface area contributed by atoms with Crippen molar-refractivity contribution in [1.82, 2.24) is 5.32 Å². The first kappa shape index (κ1) is 15.5. The lowest BCUT2D eigenvalue weighted by atomic mass is 9.97. The van der Waals surface area contributed by atoms with Crippen LogP contribution in [-0.2, 0) is 4.57 Å². The predicted molar refractivity (Wildman–Crippen MR) is 81.8 cm³/mol. The van der Waals surface area contributed by atoms with Crippen LogP contribution in [0.3, 0.4) is 0 Å². The van der Waals surface area contributed by atoms with Crippen molar-refractivity contribution < 1.29 is 14.4 Å². The van der Waals surface area contributed by atoms with Crippen LogP contribution in [0.5, 0.6) is 0 Å². The summed E-state index contributed by atoms with van der Waals surface area (Å²) in [6, 6.07) is 7.83. The van der Waals surface area contributed by atoms with Gasteiger partial charge >= 0.3 is 7.60 Å². The lowest BCUT2D eigenvalue weighted by Gasteiger charge is -2.18. The van der Waals surface area contributed by atoms with Crippen molar-refractivity contribution in [2.45, 2.75) is 19.8 Å². The SMILES string of the molecule is CC(C)CNCC1=Cc2ccccc2C1CP(=O)(O)O. The lowest BCUT2D eigenvalue weighted by Crippen LogP contribution is -2.24. The maximum Gasteiger partial charge on any atom is 0.326 e. The molecule has 110 valence electrons. The van der Waals surface area contributed by atoms with Crippen LogP contribution in [0.2, 0.25) is 0 Å². The summed E-state index contributed by atoms with van der Waals surface area (Å²) in [4.78, 5) is 18.6. The fourth-order valence-electron chi connectivity index (χ4n) is 2.59. The highest BCUT2D eigenvalue weighted by Crippen LogP contribution is 2.46. The Morgan fingerprint density at radius 3 is 2.65 bits per heavy atom. The van der Waals surface area contributed by atoms with Crippen molar-refractivity contribution in [2.75, 3.05) is 19.3 Å². The van der Waals surface area contributed by atoms with Gasteiger partial charge < -0.3 is 15.1 Å². The zero-order valence-electron chi connectivity index (χ0n) is 11.9. The number of rotatable bonds is 6. The first-order chi connectivity index (χ1) is 9.37. The molecule has 0 aliphatic heterocycles. The van der Waals surface area contributed by atoms with Crippen molar-refractivity contribution >= 4 is 13.7 Å². The van der Waals surface area contributed by atoms with Gasteiger partial charge in [-0.25, -0.2) is 0 Å². The maximum atomic E-state index is 11.4. The summed E-state index contributed by atoms with van der Waals surface area (Å²) in [5.41, 5.74) is 3.17. The second-order valence-electron chi connectivity index (χ2n) is 5.77. The molecule has 2 rings (SSSR count). The van der Waals surface area contributed by atoms with Gasteiger partial charge in [0.15, 0.2) is 0 Å². The molecule has 0 radical (unpaired) electrons. The Hall–Kier alpha value is -0.930. The van der Waals surface area contributed by atoms with Crippen molar-refractivity contribution in [2.24, 2.45) is 5.92 Å². The molecule has 1 atom stereocenters.